The first-order chi connectivity index (χ1) is 7.93. The van der Waals surface area contributed by atoms with E-state index in [1.54, 1.807) is 0 Å². The minimum Gasteiger partial charge on any atom is -0.374 e. The predicted molar refractivity (Wildman–Crippen MR) is 74.3 cm³/mol. The highest BCUT2D eigenvalue weighted by Crippen LogP contribution is 2.39. The van der Waals surface area contributed by atoms with Crippen molar-refractivity contribution in [2.24, 2.45) is 11.3 Å². The molecule has 0 radical (unpaired) electrons. The molecule has 0 amide bonds. The fraction of sp³-hybridized carbons (Fsp3) is 1.00. The molecule has 1 aliphatic rings. The SMILES string of the molecule is CCCNCC(C)OC1CC(C)CC(C)(C)C1. The van der Waals surface area contributed by atoms with E-state index in [0.717, 1.165) is 19.0 Å². The third kappa shape index (κ3) is 5.87. The summed E-state index contributed by atoms with van der Waals surface area (Å²) >= 11 is 0. The minimum absolute atomic E-state index is 0.340. The summed E-state index contributed by atoms with van der Waals surface area (Å²) in [6, 6.07) is 0. The lowest BCUT2D eigenvalue weighted by molar-refractivity contribution is -0.0575. The standard InChI is InChI=1S/C15H31NO/c1-6-7-16-11-13(3)17-14-8-12(2)9-15(4,5)10-14/h12-14,16H,6-11H2,1-5H3. The van der Waals surface area contributed by atoms with Crippen LogP contribution >= 0.6 is 0 Å². The molecule has 0 spiro atoms. The largest absolute Gasteiger partial charge is 0.374 e. The third-order valence-corrected chi connectivity index (χ3v) is 3.63. The Bertz CT molecular complexity index is 215. The number of rotatable bonds is 6. The maximum atomic E-state index is 6.18. The summed E-state index contributed by atoms with van der Waals surface area (Å²) in [6.07, 6.45) is 5.80. The van der Waals surface area contributed by atoms with Crippen molar-refractivity contribution < 1.29 is 4.74 Å². The second kappa shape index (κ2) is 6.75. The van der Waals surface area contributed by atoms with Crippen molar-refractivity contribution in [3.05, 3.63) is 0 Å². The molecule has 0 bridgehead atoms. The molecule has 1 aliphatic carbocycles. The first-order valence-electron chi connectivity index (χ1n) is 7.29. The molecule has 2 heteroatoms. The topological polar surface area (TPSA) is 21.3 Å². The van der Waals surface area contributed by atoms with Crippen LogP contribution in [0.2, 0.25) is 0 Å². The van der Waals surface area contributed by atoms with E-state index in [-0.39, 0.29) is 0 Å². The number of ether oxygens (including phenoxy) is 1. The van der Waals surface area contributed by atoms with Gasteiger partial charge in [0.2, 0.25) is 0 Å². The van der Waals surface area contributed by atoms with Crippen LogP contribution in [0.25, 0.3) is 0 Å². The quantitative estimate of drug-likeness (QED) is 0.717. The molecule has 3 atom stereocenters. The van der Waals surface area contributed by atoms with Crippen molar-refractivity contribution in [3.8, 4) is 0 Å². The zero-order valence-electron chi connectivity index (χ0n) is 12.4. The Morgan fingerprint density at radius 2 is 2.06 bits per heavy atom. The van der Waals surface area contributed by atoms with Gasteiger partial charge in [-0.1, -0.05) is 27.7 Å². The first kappa shape index (κ1) is 15.0. The van der Waals surface area contributed by atoms with Crippen molar-refractivity contribution >= 4 is 0 Å². The monoisotopic (exact) mass is 241 g/mol. The van der Waals surface area contributed by atoms with E-state index < -0.39 is 0 Å². The average molecular weight is 241 g/mol. The summed E-state index contributed by atoms with van der Waals surface area (Å²) in [5.74, 6) is 0.805. The van der Waals surface area contributed by atoms with Crippen LogP contribution in [0.15, 0.2) is 0 Å². The summed E-state index contributed by atoms with van der Waals surface area (Å²) < 4.78 is 6.18. The lowest BCUT2D eigenvalue weighted by atomic mass is 9.71. The Morgan fingerprint density at radius 1 is 1.35 bits per heavy atom. The summed E-state index contributed by atoms with van der Waals surface area (Å²) in [4.78, 5) is 0. The minimum atomic E-state index is 0.340. The molecule has 3 unspecified atom stereocenters. The number of hydrogen-bond acceptors (Lipinski definition) is 2. The maximum absolute atomic E-state index is 6.18. The van der Waals surface area contributed by atoms with Gasteiger partial charge in [-0.15, -0.1) is 0 Å². The highest BCUT2D eigenvalue weighted by atomic mass is 16.5. The van der Waals surface area contributed by atoms with Gasteiger partial charge < -0.3 is 10.1 Å². The van der Waals surface area contributed by atoms with E-state index in [1.165, 1.54) is 25.7 Å². The van der Waals surface area contributed by atoms with Gasteiger partial charge in [0.15, 0.2) is 0 Å². The highest BCUT2D eigenvalue weighted by molar-refractivity contribution is 4.83. The lowest BCUT2D eigenvalue weighted by Crippen LogP contribution is -2.37. The molecule has 2 nitrogen and oxygen atoms in total. The van der Waals surface area contributed by atoms with Gasteiger partial charge in [-0.3, -0.25) is 0 Å². The predicted octanol–water partition coefficient (Wildman–Crippen LogP) is 3.61. The molecular formula is C15H31NO. The summed E-state index contributed by atoms with van der Waals surface area (Å²) in [7, 11) is 0. The number of hydrogen-bond donors (Lipinski definition) is 1. The van der Waals surface area contributed by atoms with E-state index in [2.05, 4.69) is 39.9 Å². The molecule has 1 N–H and O–H groups in total. The van der Waals surface area contributed by atoms with Crippen LogP contribution in [-0.4, -0.2) is 25.3 Å². The van der Waals surface area contributed by atoms with Gasteiger partial charge in [0.05, 0.1) is 12.2 Å². The van der Waals surface area contributed by atoms with Gasteiger partial charge in [-0.25, -0.2) is 0 Å². The molecule has 102 valence electrons. The van der Waals surface area contributed by atoms with Gasteiger partial charge in [0.25, 0.3) is 0 Å². The summed E-state index contributed by atoms with van der Waals surface area (Å²) in [5, 5.41) is 3.43. The second-order valence-corrected chi connectivity index (χ2v) is 6.69. The Balaban J connectivity index is 2.30. The van der Waals surface area contributed by atoms with E-state index >= 15 is 0 Å². The molecule has 0 aromatic rings. The van der Waals surface area contributed by atoms with Crippen LogP contribution in [-0.2, 0) is 4.74 Å². The van der Waals surface area contributed by atoms with Crippen LogP contribution < -0.4 is 5.32 Å². The van der Waals surface area contributed by atoms with Crippen molar-refractivity contribution in [2.75, 3.05) is 13.1 Å². The summed E-state index contributed by atoms with van der Waals surface area (Å²) in [5.41, 5.74) is 0.457. The van der Waals surface area contributed by atoms with E-state index in [0.29, 0.717) is 17.6 Å². The summed E-state index contributed by atoms with van der Waals surface area (Å²) in [6.45, 7) is 13.6. The van der Waals surface area contributed by atoms with Crippen LogP contribution in [0.1, 0.15) is 60.3 Å². The zero-order valence-corrected chi connectivity index (χ0v) is 12.4. The Hall–Kier alpha value is -0.0800. The van der Waals surface area contributed by atoms with Crippen LogP contribution in [0, 0.1) is 11.3 Å². The molecule has 0 saturated heterocycles. The molecule has 1 rings (SSSR count). The molecule has 1 fully saturated rings. The van der Waals surface area contributed by atoms with Crippen molar-refractivity contribution in [3.63, 3.8) is 0 Å². The molecule has 0 heterocycles. The smallest absolute Gasteiger partial charge is 0.0675 e. The third-order valence-electron chi connectivity index (χ3n) is 3.63. The Kier molecular flexibility index (Phi) is 5.94. The van der Waals surface area contributed by atoms with E-state index in [9.17, 15) is 0 Å². The van der Waals surface area contributed by atoms with Gasteiger partial charge in [-0.05, 0) is 50.5 Å². The molecule has 0 aliphatic heterocycles. The lowest BCUT2D eigenvalue weighted by Gasteiger charge is -2.39. The molecule has 0 aromatic carbocycles. The Labute approximate surface area is 108 Å². The van der Waals surface area contributed by atoms with Crippen LogP contribution in [0.4, 0.5) is 0 Å². The molecular weight excluding hydrogens is 210 g/mol. The fourth-order valence-corrected chi connectivity index (χ4v) is 3.22. The first-order valence-corrected chi connectivity index (χ1v) is 7.29. The van der Waals surface area contributed by atoms with Gasteiger partial charge in [0.1, 0.15) is 0 Å². The fourth-order valence-electron chi connectivity index (χ4n) is 3.22. The highest BCUT2D eigenvalue weighted by Gasteiger charge is 2.33. The zero-order chi connectivity index (χ0) is 12.9. The van der Waals surface area contributed by atoms with E-state index in [1.807, 2.05) is 0 Å². The van der Waals surface area contributed by atoms with E-state index in [4.69, 9.17) is 4.74 Å². The maximum Gasteiger partial charge on any atom is 0.0675 e. The van der Waals surface area contributed by atoms with Crippen molar-refractivity contribution in [1.29, 1.82) is 0 Å². The van der Waals surface area contributed by atoms with Crippen LogP contribution in [0.5, 0.6) is 0 Å². The van der Waals surface area contributed by atoms with Crippen molar-refractivity contribution in [1.82, 2.24) is 5.32 Å². The number of nitrogens with one attached hydrogen (secondary N) is 1. The molecule has 0 aromatic heterocycles. The van der Waals surface area contributed by atoms with Gasteiger partial charge >= 0.3 is 0 Å². The van der Waals surface area contributed by atoms with Crippen LogP contribution in [0.3, 0.4) is 0 Å². The normalized spacial score (nSPS) is 30.2. The van der Waals surface area contributed by atoms with Crippen molar-refractivity contribution in [2.45, 2.75) is 72.5 Å². The van der Waals surface area contributed by atoms with Gasteiger partial charge in [0, 0.05) is 6.54 Å². The van der Waals surface area contributed by atoms with Gasteiger partial charge in [-0.2, -0.15) is 0 Å². The molecule has 1 saturated carbocycles. The Morgan fingerprint density at radius 3 is 2.65 bits per heavy atom. The average Bonchev–Trinajstić information content (AvgIpc) is 2.14. The molecule has 17 heavy (non-hydrogen) atoms. The second-order valence-electron chi connectivity index (χ2n) is 6.69.